The number of carbonyl (C=O) groups is 1. The summed E-state index contributed by atoms with van der Waals surface area (Å²) in [6.45, 7) is 0. The smallest absolute Gasteiger partial charge is 0.186 e. The molecule has 0 atom stereocenters. The number of hydrogen-bond donors (Lipinski definition) is 0. The number of hydrogen-bond acceptors (Lipinski definition) is 3. The second-order valence-electron chi connectivity index (χ2n) is 3.27. The summed E-state index contributed by atoms with van der Waals surface area (Å²) in [5.74, 6) is 0.422. The van der Waals surface area contributed by atoms with Gasteiger partial charge < -0.3 is 9.64 Å². The van der Waals surface area contributed by atoms with Crippen LogP contribution in [0.5, 0.6) is 5.75 Å². The molecule has 0 aliphatic rings. The Labute approximate surface area is 104 Å². The number of aldehydes is 1. The average Bonchev–Trinajstić information content (AvgIpc) is 2.21. The summed E-state index contributed by atoms with van der Waals surface area (Å²) < 4.78 is 5.32. The molecule has 5 heteroatoms. The van der Waals surface area contributed by atoms with E-state index >= 15 is 0 Å². The van der Waals surface area contributed by atoms with Crippen LogP contribution in [0.15, 0.2) is 30.2 Å². The molecule has 0 N–H and O–H groups in total. The van der Waals surface area contributed by atoms with Gasteiger partial charge >= 0.3 is 0 Å². The molecule has 0 heterocycles. The lowest BCUT2D eigenvalue weighted by molar-refractivity contribution is -0.106. The summed E-state index contributed by atoms with van der Waals surface area (Å²) in [6, 6.07) is 4.98. The molecule has 0 spiro atoms. The first-order chi connectivity index (χ1) is 7.54. The number of carbonyl (C=O) groups excluding carboxylic acids is 1. The van der Waals surface area contributed by atoms with Crippen LogP contribution >= 0.6 is 23.2 Å². The average molecular weight is 260 g/mol. The van der Waals surface area contributed by atoms with Crippen molar-refractivity contribution in [2.24, 2.45) is 0 Å². The molecule has 0 radical (unpaired) electrons. The normalized spacial score (nSPS) is 11.1. The van der Waals surface area contributed by atoms with Crippen LogP contribution in [0.4, 0.5) is 0 Å². The third-order valence-electron chi connectivity index (χ3n) is 1.64. The maximum atomic E-state index is 10.8. The van der Waals surface area contributed by atoms with Gasteiger partial charge in [0, 0.05) is 20.3 Å². The largest absolute Gasteiger partial charge is 0.449 e. The van der Waals surface area contributed by atoms with Gasteiger partial charge in [-0.3, -0.25) is 4.79 Å². The first kappa shape index (κ1) is 12.9. The molecule has 0 amide bonds. The summed E-state index contributed by atoms with van der Waals surface area (Å²) in [6.07, 6.45) is 2.13. The topological polar surface area (TPSA) is 29.5 Å². The lowest BCUT2D eigenvalue weighted by Gasteiger charge is -2.11. The van der Waals surface area contributed by atoms with E-state index in [4.69, 9.17) is 27.9 Å². The molecule has 0 aromatic heterocycles. The van der Waals surface area contributed by atoms with E-state index in [0.29, 0.717) is 16.3 Å². The fourth-order valence-corrected chi connectivity index (χ4v) is 1.51. The van der Waals surface area contributed by atoms with E-state index in [0.717, 1.165) is 0 Å². The van der Waals surface area contributed by atoms with Gasteiger partial charge in [0.1, 0.15) is 0 Å². The minimum atomic E-state index is 0.139. The third-order valence-corrected chi connectivity index (χ3v) is 2.24. The van der Waals surface area contributed by atoms with Gasteiger partial charge in [-0.2, -0.15) is 0 Å². The first-order valence-corrected chi connectivity index (χ1v) is 5.25. The van der Waals surface area contributed by atoms with Crippen LogP contribution in [0.3, 0.4) is 0 Å². The zero-order valence-corrected chi connectivity index (χ0v) is 10.4. The lowest BCUT2D eigenvalue weighted by Crippen LogP contribution is -2.07. The molecule has 0 saturated heterocycles. The zero-order valence-electron chi connectivity index (χ0n) is 8.91. The van der Waals surface area contributed by atoms with Crippen LogP contribution in [-0.4, -0.2) is 25.3 Å². The summed E-state index contributed by atoms with van der Waals surface area (Å²) >= 11 is 11.8. The maximum Gasteiger partial charge on any atom is 0.186 e. The highest BCUT2D eigenvalue weighted by Gasteiger charge is 2.09. The number of para-hydroxylation sites is 1. The fourth-order valence-electron chi connectivity index (χ4n) is 1.03. The Morgan fingerprint density at radius 2 is 1.88 bits per heavy atom. The Morgan fingerprint density at radius 3 is 2.31 bits per heavy atom. The highest BCUT2D eigenvalue weighted by Crippen LogP contribution is 2.33. The van der Waals surface area contributed by atoms with Crippen molar-refractivity contribution < 1.29 is 9.53 Å². The van der Waals surface area contributed by atoms with Gasteiger partial charge in [0.15, 0.2) is 17.8 Å². The number of rotatable bonds is 4. The molecule has 0 bridgehead atoms. The minimum absolute atomic E-state index is 0.139. The SMILES string of the molecule is CN(C)/C=C(\C=O)Oc1c(Cl)cccc1Cl. The Balaban J connectivity index is 2.99. The maximum absolute atomic E-state index is 10.8. The van der Waals surface area contributed by atoms with Crippen molar-refractivity contribution in [1.29, 1.82) is 0 Å². The first-order valence-electron chi connectivity index (χ1n) is 4.50. The number of benzene rings is 1. The molecule has 86 valence electrons. The summed E-state index contributed by atoms with van der Waals surface area (Å²) in [4.78, 5) is 12.5. The van der Waals surface area contributed by atoms with Crippen LogP contribution in [0, 0.1) is 0 Å². The van der Waals surface area contributed by atoms with Crippen LogP contribution in [0.25, 0.3) is 0 Å². The number of allylic oxidation sites excluding steroid dienone is 1. The van der Waals surface area contributed by atoms with Crippen LogP contribution in [0.1, 0.15) is 0 Å². The van der Waals surface area contributed by atoms with E-state index in [-0.39, 0.29) is 11.5 Å². The predicted octanol–water partition coefficient (Wildman–Crippen LogP) is 2.97. The quantitative estimate of drug-likeness (QED) is 0.473. The Kier molecular flexibility index (Phi) is 4.65. The van der Waals surface area contributed by atoms with Gasteiger partial charge in [0.25, 0.3) is 0 Å². The van der Waals surface area contributed by atoms with Crippen molar-refractivity contribution in [3.05, 3.63) is 40.2 Å². The molecule has 0 unspecified atom stereocenters. The van der Waals surface area contributed by atoms with E-state index in [1.54, 1.807) is 37.2 Å². The number of halogens is 2. The van der Waals surface area contributed by atoms with Gasteiger partial charge in [-0.25, -0.2) is 0 Å². The van der Waals surface area contributed by atoms with Crippen molar-refractivity contribution in [3.63, 3.8) is 0 Å². The monoisotopic (exact) mass is 259 g/mol. The van der Waals surface area contributed by atoms with Crippen molar-refractivity contribution >= 4 is 29.5 Å². The Bertz CT molecular complexity index is 396. The zero-order chi connectivity index (χ0) is 12.1. The third kappa shape index (κ3) is 3.43. The fraction of sp³-hybridized carbons (Fsp3) is 0.182. The lowest BCUT2D eigenvalue weighted by atomic mass is 10.3. The second kappa shape index (κ2) is 5.77. The molecule has 0 aliphatic carbocycles. The van der Waals surface area contributed by atoms with Crippen LogP contribution in [0.2, 0.25) is 10.0 Å². The molecule has 3 nitrogen and oxygen atoms in total. The molecule has 0 saturated carbocycles. The summed E-state index contributed by atoms with van der Waals surface area (Å²) in [5, 5.41) is 0.720. The number of nitrogens with zero attached hydrogens (tertiary/aromatic N) is 1. The van der Waals surface area contributed by atoms with Gasteiger partial charge in [-0.15, -0.1) is 0 Å². The molecule has 16 heavy (non-hydrogen) atoms. The summed E-state index contributed by atoms with van der Waals surface area (Å²) in [5.41, 5.74) is 0. The molecule has 1 aromatic rings. The van der Waals surface area contributed by atoms with Crippen LogP contribution in [-0.2, 0) is 4.79 Å². The van der Waals surface area contributed by atoms with Crippen molar-refractivity contribution in [2.75, 3.05) is 14.1 Å². The van der Waals surface area contributed by atoms with E-state index < -0.39 is 0 Å². The van der Waals surface area contributed by atoms with Crippen molar-refractivity contribution in [2.45, 2.75) is 0 Å². The van der Waals surface area contributed by atoms with Crippen molar-refractivity contribution in [3.8, 4) is 5.75 Å². The van der Waals surface area contributed by atoms with E-state index in [2.05, 4.69) is 0 Å². The second-order valence-corrected chi connectivity index (χ2v) is 4.08. The van der Waals surface area contributed by atoms with E-state index in [9.17, 15) is 4.79 Å². The molecular weight excluding hydrogens is 249 g/mol. The van der Waals surface area contributed by atoms with Gasteiger partial charge in [0.05, 0.1) is 10.0 Å². The highest BCUT2D eigenvalue weighted by atomic mass is 35.5. The standard InChI is InChI=1S/C11H11Cl2NO2/c1-14(2)6-8(7-15)16-11-9(12)4-3-5-10(11)13/h3-7H,1-2H3/b8-6+. The van der Waals surface area contributed by atoms with Gasteiger partial charge in [0.2, 0.25) is 0 Å². The Hall–Kier alpha value is -1.19. The summed E-state index contributed by atoms with van der Waals surface area (Å²) in [7, 11) is 3.56. The molecule has 0 fully saturated rings. The van der Waals surface area contributed by atoms with E-state index in [1.807, 2.05) is 0 Å². The van der Waals surface area contributed by atoms with Crippen LogP contribution < -0.4 is 4.74 Å². The molecule has 0 aliphatic heterocycles. The number of ether oxygens (including phenoxy) is 1. The Morgan fingerprint density at radius 1 is 1.31 bits per heavy atom. The minimum Gasteiger partial charge on any atom is -0.449 e. The molecule has 1 aromatic carbocycles. The predicted molar refractivity (Wildman–Crippen MR) is 64.9 cm³/mol. The van der Waals surface area contributed by atoms with Gasteiger partial charge in [-0.05, 0) is 12.1 Å². The molecule has 1 rings (SSSR count). The van der Waals surface area contributed by atoms with E-state index in [1.165, 1.54) is 6.20 Å². The highest BCUT2D eigenvalue weighted by molar-refractivity contribution is 6.37. The van der Waals surface area contributed by atoms with Crippen molar-refractivity contribution in [1.82, 2.24) is 4.90 Å². The van der Waals surface area contributed by atoms with Gasteiger partial charge in [-0.1, -0.05) is 29.3 Å². The molecular formula is C11H11Cl2NO2.